The van der Waals surface area contributed by atoms with Crippen LogP contribution in [0.4, 0.5) is 5.82 Å². The highest BCUT2D eigenvalue weighted by atomic mass is 32.2. The van der Waals surface area contributed by atoms with Crippen molar-refractivity contribution in [3.05, 3.63) is 12.4 Å². The Morgan fingerprint density at radius 2 is 2.00 bits per heavy atom. The van der Waals surface area contributed by atoms with Crippen LogP contribution in [0.3, 0.4) is 0 Å². The smallest absolute Gasteiger partial charge is 0.234 e. The lowest BCUT2D eigenvalue weighted by molar-refractivity contribution is 0.242. The monoisotopic (exact) mass is 339 g/mol. The third kappa shape index (κ3) is 4.56. The minimum atomic E-state index is -2.84. The molecule has 2 aliphatic rings. The molecule has 1 atom stereocenters. The molecule has 1 saturated carbocycles. The molecule has 1 aliphatic carbocycles. The van der Waals surface area contributed by atoms with Crippen LogP contribution in [-0.4, -0.2) is 50.1 Å². The average Bonchev–Trinajstić information content (AvgIpc) is 3.15. The van der Waals surface area contributed by atoms with E-state index in [4.69, 9.17) is 4.74 Å². The maximum Gasteiger partial charge on any atom is 0.234 e. The fourth-order valence-electron chi connectivity index (χ4n) is 3.47. The Kier molecular flexibility index (Phi) is 5.04. The van der Waals surface area contributed by atoms with Crippen molar-refractivity contribution in [2.24, 2.45) is 11.8 Å². The molecular formula is C16H25N3O3S. The van der Waals surface area contributed by atoms with Crippen LogP contribution in [0.15, 0.2) is 12.4 Å². The summed E-state index contributed by atoms with van der Waals surface area (Å²) < 4.78 is 28.9. The van der Waals surface area contributed by atoms with Crippen LogP contribution in [0.1, 0.15) is 32.1 Å². The molecule has 2 heterocycles. The standard InChI is InChI=1S/C16H25N3O3S/c1-19(10-14-6-7-23(20,21)12-14)15-8-17-9-16(18-15)22-11-13-4-2-3-5-13/h8-9,13-14H,2-7,10-12H2,1H3. The van der Waals surface area contributed by atoms with Crippen molar-refractivity contribution in [3.63, 3.8) is 0 Å². The van der Waals surface area contributed by atoms with E-state index in [-0.39, 0.29) is 11.7 Å². The zero-order valence-electron chi connectivity index (χ0n) is 13.6. The fraction of sp³-hybridized carbons (Fsp3) is 0.750. The Labute approximate surface area is 138 Å². The van der Waals surface area contributed by atoms with Gasteiger partial charge in [0.1, 0.15) is 0 Å². The molecule has 0 spiro atoms. The minimum absolute atomic E-state index is 0.176. The van der Waals surface area contributed by atoms with Gasteiger partial charge in [0.25, 0.3) is 0 Å². The van der Waals surface area contributed by atoms with E-state index in [0.717, 1.165) is 12.2 Å². The molecule has 1 unspecified atom stereocenters. The van der Waals surface area contributed by atoms with Crippen molar-refractivity contribution in [1.82, 2.24) is 9.97 Å². The Hall–Kier alpha value is -1.37. The second kappa shape index (κ2) is 7.03. The van der Waals surface area contributed by atoms with E-state index in [9.17, 15) is 8.42 Å². The summed E-state index contributed by atoms with van der Waals surface area (Å²) in [6.07, 6.45) is 9.15. The van der Waals surface area contributed by atoms with Crippen LogP contribution < -0.4 is 9.64 Å². The first kappa shape index (κ1) is 16.5. The highest BCUT2D eigenvalue weighted by Crippen LogP contribution is 2.26. The number of hydrogen-bond acceptors (Lipinski definition) is 6. The molecule has 0 radical (unpaired) electrons. The van der Waals surface area contributed by atoms with Gasteiger partial charge in [0.2, 0.25) is 5.88 Å². The highest BCUT2D eigenvalue weighted by Gasteiger charge is 2.29. The van der Waals surface area contributed by atoms with Gasteiger partial charge in [-0.2, -0.15) is 4.98 Å². The van der Waals surface area contributed by atoms with Crippen molar-refractivity contribution >= 4 is 15.7 Å². The highest BCUT2D eigenvalue weighted by molar-refractivity contribution is 7.91. The van der Waals surface area contributed by atoms with Crippen molar-refractivity contribution in [2.45, 2.75) is 32.1 Å². The lowest BCUT2D eigenvalue weighted by Gasteiger charge is -2.21. The summed E-state index contributed by atoms with van der Waals surface area (Å²) in [6, 6.07) is 0. The Bertz CT molecular complexity index is 629. The molecule has 7 heteroatoms. The van der Waals surface area contributed by atoms with E-state index < -0.39 is 9.84 Å². The first-order valence-corrected chi connectivity index (χ1v) is 10.2. The van der Waals surface area contributed by atoms with Gasteiger partial charge in [-0.25, -0.2) is 8.42 Å². The maximum absolute atomic E-state index is 11.6. The first-order valence-electron chi connectivity index (χ1n) is 8.38. The summed E-state index contributed by atoms with van der Waals surface area (Å²) in [5.41, 5.74) is 0. The van der Waals surface area contributed by atoms with Crippen molar-refractivity contribution in [1.29, 1.82) is 0 Å². The Morgan fingerprint density at radius 3 is 2.70 bits per heavy atom. The van der Waals surface area contributed by atoms with Crippen LogP contribution in [0.5, 0.6) is 5.88 Å². The second-order valence-corrected chi connectivity index (χ2v) is 9.06. The molecule has 1 saturated heterocycles. The van der Waals surface area contributed by atoms with Crippen molar-refractivity contribution in [2.75, 3.05) is 36.6 Å². The van der Waals surface area contributed by atoms with Gasteiger partial charge in [-0.1, -0.05) is 12.8 Å². The molecule has 0 amide bonds. The normalized spacial score (nSPS) is 24.0. The molecule has 2 fully saturated rings. The number of aromatic nitrogens is 2. The molecule has 1 aromatic heterocycles. The SMILES string of the molecule is CN(CC1CCS(=O)(=O)C1)c1cncc(OCC2CCCC2)n1. The molecule has 1 aromatic rings. The molecule has 0 aromatic carbocycles. The number of rotatable bonds is 6. The molecule has 0 bridgehead atoms. The zero-order chi connectivity index (χ0) is 16.3. The number of nitrogens with zero attached hydrogens (tertiary/aromatic N) is 3. The number of hydrogen-bond donors (Lipinski definition) is 0. The number of sulfone groups is 1. The second-order valence-electron chi connectivity index (χ2n) is 6.83. The third-order valence-electron chi connectivity index (χ3n) is 4.79. The van der Waals surface area contributed by atoms with E-state index in [1.54, 1.807) is 12.4 Å². The van der Waals surface area contributed by atoms with Crippen LogP contribution in [0.25, 0.3) is 0 Å². The summed E-state index contributed by atoms with van der Waals surface area (Å²) in [4.78, 5) is 10.7. The predicted molar refractivity (Wildman–Crippen MR) is 89.5 cm³/mol. The van der Waals surface area contributed by atoms with E-state index in [0.29, 0.717) is 30.7 Å². The summed E-state index contributed by atoms with van der Waals surface area (Å²) in [7, 11) is -0.911. The molecule has 3 rings (SSSR count). The Morgan fingerprint density at radius 1 is 1.22 bits per heavy atom. The Balaban J connectivity index is 1.55. The van der Waals surface area contributed by atoms with E-state index in [1.807, 2.05) is 11.9 Å². The van der Waals surface area contributed by atoms with Crippen molar-refractivity contribution in [3.8, 4) is 5.88 Å². The van der Waals surface area contributed by atoms with Gasteiger partial charge in [-0.3, -0.25) is 4.98 Å². The molecule has 128 valence electrons. The van der Waals surface area contributed by atoms with Crippen molar-refractivity contribution < 1.29 is 13.2 Å². The number of anilines is 1. The van der Waals surface area contributed by atoms with Crippen LogP contribution in [0.2, 0.25) is 0 Å². The lowest BCUT2D eigenvalue weighted by atomic mass is 10.1. The molecular weight excluding hydrogens is 314 g/mol. The van der Waals surface area contributed by atoms with Crippen LogP contribution in [-0.2, 0) is 9.84 Å². The van der Waals surface area contributed by atoms with Gasteiger partial charge in [0.15, 0.2) is 15.7 Å². The summed E-state index contributed by atoms with van der Waals surface area (Å²) in [5.74, 6) is 2.69. The fourth-order valence-corrected chi connectivity index (χ4v) is 5.32. The predicted octanol–water partition coefficient (Wildman–Crippen LogP) is 1.92. The minimum Gasteiger partial charge on any atom is -0.476 e. The molecule has 1 aliphatic heterocycles. The topological polar surface area (TPSA) is 72.4 Å². The third-order valence-corrected chi connectivity index (χ3v) is 6.63. The average molecular weight is 339 g/mol. The first-order chi connectivity index (χ1) is 11.0. The van der Waals surface area contributed by atoms with Crippen LogP contribution >= 0.6 is 0 Å². The van der Waals surface area contributed by atoms with E-state index in [2.05, 4.69) is 9.97 Å². The maximum atomic E-state index is 11.6. The molecule has 23 heavy (non-hydrogen) atoms. The quantitative estimate of drug-likeness (QED) is 0.788. The lowest BCUT2D eigenvalue weighted by Crippen LogP contribution is -2.27. The van der Waals surface area contributed by atoms with Crippen LogP contribution in [0, 0.1) is 11.8 Å². The van der Waals surface area contributed by atoms with Gasteiger partial charge >= 0.3 is 0 Å². The zero-order valence-corrected chi connectivity index (χ0v) is 14.5. The van der Waals surface area contributed by atoms with E-state index >= 15 is 0 Å². The van der Waals surface area contributed by atoms with Gasteiger partial charge in [0.05, 0.1) is 30.5 Å². The van der Waals surface area contributed by atoms with Gasteiger partial charge in [0, 0.05) is 13.6 Å². The number of ether oxygens (including phenoxy) is 1. The summed E-state index contributed by atoms with van der Waals surface area (Å²) in [6.45, 7) is 1.39. The summed E-state index contributed by atoms with van der Waals surface area (Å²) in [5, 5.41) is 0. The molecule has 6 nitrogen and oxygen atoms in total. The van der Waals surface area contributed by atoms with E-state index in [1.165, 1.54) is 25.7 Å². The van der Waals surface area contributed by atoms with Gasteiger partial charge in [-0.15, -0.1) is 0 Å². The molecule has 0 N–H and O–H groups in total. The summed E-state index contributed by atoms with van der Waals surface area (Å²) >= 11 is 0. The van der Waals surface area contributed by atoms with Gasteiger partial charge in [-0.05, 0) is 31.1 Å². The largest absolute Gasteiger partial charge is 0.476 e. The van der Waals surface area contributed by atoms with Gasteiger partial charge < -0.3 is 9.64 Å².